The molecule has 0 spiro atoms. The van der Waals surface area contributed by atoms with Gasteiger partial charge in [0.25, 0.3) is 0 Å². The van der Waals surface area contributed by atoms with E-state index >= 15 is 4.39 Å². The Balaban J connectivity index is 0.000000708. The predicted octanol–water partition coefficient (Wildman–Crippen LogP) is 4.91. The monoisotopic (exact) mass is 627 g/mol. The lowest BCUT2D eigenvalue weighted by Crippen LogP contribution is -2.52. The molecule has 43 heavy (non-hydrogen) atoms. The number of amides is 2. The average Bonchev–Trinajstić information content (AvgIpc) is 2.99. The Bertz CT molecular complexity index is 1050. The number of carboxylic acids is 2. The molecule has 1 heterocycles. The third-order valence-electron chi connectivity index (χ3n) is 8.20. The van der Waals surface area contributed by atoms with Crippen LogP contribution in [0.3, 0.4) is 0 Å². The number of likely N-dealkylation sites (tertiary alicyclic amines) is 1. The van der Waals surface area contributed by atoms with Crippen LogP contribution in [0.4, 0.5) is 9.18 Å². The molecular weight excluding hydrogens is 581 g/mol. The van der Waals surface area contributed by atoms with Gasteiger partial charge in [0.15, 0.2) is 0 Å². The minimum Gasteiger partial charge on any atom is -0.478 e. The molecule has 0 radical (unpaired) electrons. The quantitative estimate of drug-likeness (QED) is 0.152. The molecule has 2 amide bonds. The molecule has 1 aromatic rings. The summed E-state index contributed by atoms with van der Waals surface area (Å²) in [6, 6.07) is 4.55. The maximum atomic E-state index is 15.1. The first-order valence-corrected chi connectivity index (χ1v) is 15.4. The number of carbonyl (C=O) groups excluding carboxylic acids is 1. The fraction of sp³-hybridized carbons (Fsp3) is 0.645. The molecule has 1 aliphatic heterocycles. The highest BCUT2D eigenvalue weighted by molar-refractivity contribution is 6.30. The Hall–Kier alpha value is -2.73. The molecule has 2 aliphatic rings. The zero-order valence-electron chi connectivity index (χ0n) is 25.0. The molecule has 2 fully saturated rings. The maximum Gasteiger partial charge on any atom is 0.328 e. The van der Waals surface area contributed by atoms with Gasteiger partial charge in [0.2, 0.25) is 0 Å². The Morgan fingerprint density at radius 3 is 2.44 bits per heavy atom. The van der Waals surface area contributed by atoms with Gasteiger partial charge in [-0.25, -0.2) is 18.8 Å². The van der Waals surface area contributed by atoms with Crippen LogP contribution >= 0.6 is 11.6 Å². The van der Waals surface area contributed by atoms with Crippen molar-refractivity contribution < 1.29 is 38.8 Å². The smallest absolute Gasteiger partial charge is 0.328 e. The first kappa shape index (κ1) is 36.5. The second-order valence-corrected chi connectivity index (χ2v) is 11.9. The van der Waals surface area contributed by atoms with Crippen LogP contribution in [0.5, 0.6) is 0 Å². The van der Waals surface area contributed by atoms with Crippen molar-refractivity contribution in [1.29, 1.82) is 0 Å². The lowest BCUT2D eigenvalue weighted by Gasteiger charge is -2.43. The SMILES string of the molecule is COCCCC[C@@](O)(c1cccc(Cl)c1F)[C@@H]1CCCN(C(=O)NC[C@@H](N)CC2CCCCC2)C1.O=C(O)/C=C/C(=O)O. The van der Waals surface area contributed by atoms with Crippen LogP contribution in [0, 0.1) is 17.7 Å². The molecule has 6 N–H and O–H groups in total. The van der Waals surface area contributed by atoms with Crippen molar-refractivity contribution in [3.63, 3.8) is 0 Å². The summed E-state index contributed by atoms with van der Waals surface area (Å²) in [5, 5.41) is 30.5. The number of aliphatic carboxylic acids is 2. The molecule has 0 bridgehead atoms. The normalized spacial score (nSPS) is 19.7. The first-order chi connectivity index (χ1) is 20.5. The van der Waals surface area contributed by atoms with Crippen molar-refractivity contribution in [3.05, 3.63) is 46.8 Å². The second kappa shape index (κ2) is 18.8. The number of halogens is 2. The number of methoxy groups -OCH3 is 1. The Morgan fingerprint density at radius 2 is 1.81 bits per heavy atom. The fourth-order valence-corrected chi connectivity index (χ4v) is 6.17. The van der Waals surface area contributed by atoms with Gasteiger partial charge in [-0.15, -0.1) is 0 Å². The molecule has 0 unspecified atom stereocenters. The van der Waals surface area contributed by atoms with Gasteiger partial charge in [-0.1, -0.05) is 55.8 Å². The number of nitrogens with one attached hydrogen (secondary N) is 1. The lowest BCUT2D eigenvalue weighted by molar-refractivity contribution is -0.134. The van der Waals surface area contributed by atoms with E-state index in [1.165, 1.54) is 38.2 Å². The summed E-state index contributed by atoms with van der Waals surface area (Å²) < 4.78 is 20.2. The van der Waals surface area contributed by atoms with Crippen molar-refractivity contribution in [2.45, 2.75) is 82.3 Å². The number of carbonyl (C=O) groups is 3. The van der Waals surface area contributed by atoms with E-state index in [9.17, 15) is 19.5 Å². The number of unbranched alkanes of at least 4 members (excludes halogenated alkanes) is 1. The Morgan fingerprint density at radius 1 is 1.14 bits per heavy atom. The summed E-state index contributed by atoms with van der Waals surface area (Å²) in [5.74, 6) is -2.73. The van der Waals surface area contributed by atoms with Crippen molar-refractivity contribution >= 4 is 29.6 Å². The zero-order chi connectivity index (χ0) is 31.8. The van der Waals surface area contributed by atoms with Crippen LogP contribution < -0.4 is 11.1 Å². The molecule has 0 aromatic heterocycles. The number of urea groups is 1. The number of carboxylic acid groups (broad SMARTS) is 2. The highest BCUT2D eigenvalue weighted by Crippen LogP contribution is 2.42. The predicted molar refractivity (Wildman–Crippen MR) is 162 cm³/mol. The second-order valence-electron chi connectivity index (χ2n) is 11.5. The van der Waals surface area contributed by atoms with E-state index < -0.39 is 23.4 Å². The molecule has 1 saturated carbocycles. The maximum absolute atomic E-state index is 15.1. The van der Waals surface area contributed by atoms with Crippen LogP contribution in [0.1, 0.15) is 76.2 Å². The highest BCUT2D eigenvalue weighted by atomic mass is 35.5. The van der Waals surface area contributed by atoms with Crippen LogP contribution in [0.15, 0.2) is 30.4 Å². The molecule has 3 atom stereocenters. The first-order valence-electron chi connectivity index (χ1n) is 15.1. The summed E-state index contributed by atoms with van der Waals surface area (Å²) in [6.45, 7) is 1.99. The molecule has 3 rings (SSSR count). The number of hydrogen-bond donors (Lipinski definition) is 5. The third-order valence-corrected chi connectivity index (χ3v) is 8.50. The number of rotatable bonds is 13. The van der Waals surface area contributed by atoms with Gasteiger partial charge in [0, 0.05) is 63.0 Å². The number of nitrogens with two attached hydrogens (primary N) is 1. The van der Waals surface area contributed by atoms with Gasteiger partial charge in [-0.2, -0.15) is 0 Å². The van der Waals surface area contributed by atoms with Crippen LogP contribution in [0.25, 0.3) is 0 Å². The number of piperidine rings is 1. The van der Waals surface area contributed by atoms with E-state index in [0.717, 1.165) is 19.3 Å². The van der Waals surface area contributed by atoms with E-state index in [-0.39, 0.29) is 28.6 Å². The van der Waals surface area contributed by atoms with Gasteiger partial charge in [0.1, 0.15) is 5.82 Å². The van der Waals surface area contributed by atoms with Crippen molar-refractivity contribution in [2.75, 3.05) is 33.4 Å². The average molecular weight is 628 g/mol. The van der Waals surface area contributed by atoms with Gasteiger partial charge < -0.3 is 36.0 Å². The van der Waals surface area contributed by atoms with E-state index in [1.807, 2.05) is 0 Å². The van der Waals surface area contributed by atoms with Gasteiger partial charge in [0.05, 0.1) is 10.6 Å². The number of nitrogens with zero attached hydrogens (tertiary/aromatic N) is 1. The summed E-state index contributed by atoms with van der Waals surface area (Å²) in [6.07, 6.45) is 11.7. The molecular formula is C31H47ClFN3O7. The minimum absolute atomic E-state index is 0.00446. The van der Waals surface area contributed by atoms with E-state index in [4.69, 9.17) is 32.3 Å². The molecule has 1 aliphatic carbocycles. The van der Waals surface area contributed by atoms with Crippen molar-refractivity contribution in [2.24, 2.45) is 17.6 Å². The largest absolute Gasteiger partial charge is 0.478 e. The molecule has 242 valence electrons. The Labute approximate surface area is 258 Å². The standard InChI is InChI=1S/C27H43ClFN3O3.C4H4O4/c1-35-16-6-5-14-27(34,23-12-7-13-24(28)25(23)29)21-11-8-15-32(19-21)26(33)31-18-22(30)17-20-9-3-2-4-10-20;5-3(6)1-2-4(7)8/h7,12-13,20-22,34H,2-6,8-11,14-19,30H2,1H3,(H,31,33);1-2H,(H,5,6)(H,7,8)/b;2-1+/t21-,22+,27+;/m1./s1. The minimum atomic E-state index is -1.42. The van der Waals surface area contributed by atoms with Crippen LogP contribution in [-0.2, 0) is 19.9 Å². The molecule has 1 saturated heterocycles. The molecule has 12 heteroatoms. The van der Waals surface area contributed by atoms with E-state index in [1.54, 1.807) is 24.1 Å². The summed E-state index contributed by atoms with van der Waals surface area (Å²) in [7, 11) is 1.64. The topological polar surface area (TPSA) is 162 Å². The number of ether oxygens (including phenoxy) is 1. The van der Waals surface area contributed by atoms with Crippen LogP contribution in [0.2, 0.25) is 5.02 Å². The summed E-state index contributed by atoms with van der Waals surface area (Å²) >= 11 is 6.07. The third kappa shape index (κ3) is 12.4. The zero-order valence-corrected chi connectivity index (χ0v) is 25.7. The lowest BCUT2D eigenvalue weighted by atomic mass is 9.74. The summed E-state index contributed by atoms with van der Waals surface area (Å²) in [4.78, 5) is 33.8. The number of hydrogen-bond acceptors (Lipinski definition) is 6. The van der Waals surface area contributed by atoms with Gasteiger partial charge in [-0.05, 0) is 50.5 Å². The number of aliphatic hydroxyl groups is 1. The Kier molecular flexibility index (Phi) is 16.0. The number of benzene rings is 1. The molecule has 10 nitrogen and oxygen atoms in total. The van der Waals surface area contributed by atoms with Crippen LogP contribution in [-0.4, -0.2) is 77.6 Å². The van der Waals surface area contributed by atoms with Gasteiger partial charge >= 0.3 is 18.0 Å². The fourth-order valence-electron chi connectivity index (χ4n) is 6.00. The van der Waals surface area contributed by atoms with Gasteiger partial charge in [-0.3, -0.25) is 0 Å². The molecule has 1 aromatic carbocycles. The van der Waals surface area contributed by atoms with Crippen molar-refractivity contribution in [1.82, 2.24) is 10.2 Å². The van der Waals surface area contributed by atoms with Crippen molar-refractivity contribution in [3.8, 4) is 0 Å². The highest BCUT2D eigenvalue weighted by Gasteiger charge is 2.43. The van der Waals surface area contributed by atoms with E-state index in [0.29, 0.717) is 63.6 Å². The summed E-state index contributed by atoms with van der Waals surface area (Å²) in [5.41, 5.74) is 5.12. The van der Waals surface area contributed by atoms with E-state index in [2.05, 4.69) is 5.32 Å².